The van der Waals surface area contributed by atoms with E-state index in [0.717, 1.165) is 0 Å². The molecule has 2 N–H and O–H groups in total. The molecule has 5 heavy (non-hydrogen) atoms. The smallest absolute Gasteiger partial charge is 0.145 e. The summed E-state index contributed by atoms with van der Waals surface area (Å²) in [6.45, 7) is 1.49. The van der Waals surface area contributed by atoms with Gasteiger partial charge in [0.05, 0.1) is 0 Å². The van der Waals surface area contributed by atoms with E-state index in [-0.39, 0.29) is 11.0 Å². The molecule has 0 fully saturated rings. The first-order valence-electron chi connectivity index (χ1n) is 0.993. The fourth-order valence-corrected chi connectivity index (χ4v) is 0. The summed E-state index contributed by atoms with van der Waals surface area (Å²) in [6, 6.07) is 0. The third-order valence-electron chi connectivity index (χ3n) is 0. The van der Waals surface area contributed by atoms with Gasteiger partial charge in [-0.25, -0.2) is 0 Å². The molecule has 1 unspecified atom stereocenters. The average Bonchev–Trinajstić information content (AvgIpc) is 0.811. The van der Waals surface area contributed by atoms with Crippen molar-refractivity contribution in [1.29, 1.82) is 0 Å². The maximum atomic E-state index is 9.41. The van der Waals surface area contributed by atoms with Crippen molar-refractivity contribution >= 4 is 14.8 Å². The summed E-state index contributed by atoms with van der Waals surface area (Å²) in [5.74, 6) is 0. The average molecular weight is 94.1 g/mol. The lowest BCUT2D eigenvalue weighted by Crippen LogP contribution is -1.60. The highest BCUT2D eigenvalue weighted by Crippen LogP contribution is 1.74. The van der Waals surface area contributed by atoms with Crippen molar-refractivity contribution in [3.05, 3.63) is 0 Å². The summed E-state index contributed by atoms with van der Waals surface area (Å²) in [7, 11) is 2.02. The zero-order valence-electron chi connectivity index (χ0n) is 2.99. The monoisotopic (exact) mass is 94.0 g/mol. The zero-order valence-corrected chi connectivity index (χ0v) is 4.14. The Kier molecular flexibility index (Phi) is 7.23. The topological polar surface area (TPSA) is 48.6 Å². The van der Waals surface area contributed by atoms with Crippen LogP contribution in [0.4, 0.5) is 0 Å². The summed E-state index contributed by atoms with van der Waals surface area (Å²) in [5.41, 5.74) is 0.0833. The van der Waals surface area contributed by atoms with Gasteiger partial charge < -0.3 is 5.48 Å². The molecule has 0 aromatic heterocycles. The lowest BCUT2D eigenvalue weighted by Gasteiger charge is -1.56. The molecule has 0 aromatic carbocycles. The van der Waals surface area contributed by atoms with Crippen LogP contribution in [0.15, 0.2) is 0 Å². The first-order valence-corrected chi connectivity index (χ1v) is 1.57. The number of carbonyl (C=O) groups is 1. The van der Waals surface area contributed by atoms with Crippen molar-refractivity contribution in [2.75, 3.05) is 0 Å². The van der Waals surface area contributed by atoms with Gasteiger partial charge in [0, 0.05) is 0 Å². The van der Waals surface area contributed by atoms with Gasteiger partial charge in [-0.1, -0.05) is 9.24 Å². The van der Waals surface area contributed by atoms with Gasteiger partial charge in [-0.2, -0.15) is 0 Å². The second-order valence-corrected chi connectivity index (χ2v) is 1.42. The van der Waals surface area contributed by atoms with Crippen molar-refractivity contribution in [2.45, 2.75) is 6.92 Å². The highest BCUT2D eigenvalue weighted by atomic mass is 31.0. The minimum absolute atomic E-state index is 0. The zero-order chi connectivity index (χ0) is 3.58. The molecule has 0 saturated carbocycles. The SMILES string of the molecule is CC(=O)P.O. The van der Waals surface area contributed by atoms with E-state index in [0.29, 0.717) is 0 Å². The van der Waals surface area contributed by atoms with E-state index in [1.165, 1.54) is 6.92 Å². The minimum atomic E-state index is 0. The van der Waals surface area contributed by atoms with Gasteiger partial charge in [-0.15, -0.1) is 0 Å². The Bertz CT molecular complexity index is 30.6. The second-order valence-electron chi connectivity index (χ2n) is 0.611. The van der Waals surface area contributed by atoms with Crippen LogP contribution in [0, 0.1) is 0 Å². The molecular formula is C2H7O2P. The molecule has 0 spiro atoms. The van der Waals surface area contributed by atoms with Gasteiger partial charge in [0.2, 0.25) is 0 Å². The van der Waals surface area contributed by atoms with Crippen LogP contribution in [-0.2, 0) is 4.79 Å². The van der Waals surface area contributed by atoms with E-state index in [1.807, 2.05) is 9.24 Å². The standard InChI is InChI=1S/C2H5OP.H2O/c1-2(3)4;/h4H2,1H3;1H2. The van der Waals surface area contributed by atoms with E-state index in [1.54, 1.807) is 0 Å². The van der Waals surface area contributed by atoms with Gasteiger partial charge in [-0.3, -0.25) is 4.79 Å². The Labute approximate surface area is 33.1 Å². The molecule has 0 aliphatic heterocycles. The predicted octanol–water partition coefficient (Wildman–Crippen LogP) is -0.417. The molecule has 0 aliphatic carbocycles. The molecule has 0 bridgehead atoms. The van der Waals surface area contributed by atoms with Gasteiger partial charge in [0.25, 0.3) is 0 Å². The van der Waals surface area contributed by atoms with Crippen molar-refractivity contribution in [3.8, 4) is 0 Å². The second kappa shape index (κ2) is 4.06. The quantitative estimate of drug-likeness (QED) is 0.376. The molecular weight excluding hydrogens is 87.0 g/mol. The first-order chi connectivity index (χ1) is 1.73. The van der Waals surface area contributed by atoms with Crippen molar-refractivity contribution < 1.29 is 10.3 Å². The van der Waals surface area contributed by atoms with Crippen LogP contribution >= 0.6 is 9.24 Å². The van der Waals surface area contributed by atoms with Crippen molar-refractivity contribution in [2.24, 2.45) is 0 Å². The van der Waals surface area contributed by atoms with Gasteiger partial charge in [0.1, 0.15) is 5.52 Å². The van der Waals surface area contributed by atoms with Gasteiger partial charge in [-0.05, 0) is 6.92 Å². The van der Waals surface area contributed by atoms with Crippen LogP contribution in [0.25, 0.3) is 0 Å². The Morgan fingerprint density at radius 2 is 1.80 bits per heavy atom. The molecule has 32 valence electrons. The molecule has 0 aliphatic rings. The third kappa shape index (κ3) is 4790. The summed E-state index contributed by atoms with van der Waals surface area (Å²) < 4.78 is 0. The molecule has 0 saturated heterocycles. The Hall–Kier alpha value is 0.0600. The maximum Gasteiger partial charge on any atom is 0.145 e. The lowest BCUT2D eigenvalue weighted by atomic mass is 10.9. The van der Waals surface area contributed by atoms with E-state index in [9.17, 15) is 4.79 Å². The Morgan fingerprint density at radius 3 is 1.80 bits per heavy atom. The highest BCUT2D eigenvalue weighted by Gasteiger charge is 1.62. The van der Waals surface area contributed by atoms with Gasteiger partial charge in [0.15, 0.2) is 0 Å². The molecule has 1 atom stereocenters. The molecule has 2 nitrogen and oxygen atoms in total. The summed E-state index contributed by atoms with van der Waals surface area (Å²) in [6.07, 6.45) is 0. The maximum absolute atomic E-state index is 9.41. The van der Waals surface area contributed by atoms with Crippen LogP contribution in [-0.4, -0.2) is 11.0 Å². The molecule has 0 aromatic rings. The Morgan fingerprint density at radius 1 is 1.80 bits per heavy atom. The summed E-state index contributed by atoms with van der Waals surface area (Å²) >= 11 is 0. The minimum Gasteiger partial charge on any atom is -0.412 e. The van der Waals surface area contributed by atoms with Crippen LogP contribution in [0.5, 0.6) is 0 Å². The number of rotatable bonds is 0. The molecule has 3 heteroatoms. The third-order valence-corrected chi connectivity index (χ3v) is 0. The van der Waals surface area contributed by atoms with Crippen LogP contribution in [0.1, 0.15) is 6.92 Å². The number of hydrogen-bond acceptors (Lipinski definition) is 1. The number of carbonyl (C=O) groups excluding carboxylic acids is 1. The molecule has 0 rings (SSSR count). The Balaban J connectivity index is 0. The van der Waals surface area contributed by atoms with Crippen LogP contribution in [0.2, 0.25) is 0 Å². The van der Waals surface area contributed by atoms with E-state index >= 15 is 0 Å². The fraction of sp³-hybridized carbons (Fsp3) is 0.500. The molecule has 0 heterocycles. The number of hydrogen-bond donors (Lipinski definition) is 0. The van der Waals surface area contributed by atoms with E-state index in [2.05, 4.69) is 0 Å². The summed E-state index contributed by atoms with van der Waals surface area (Å²) in [4.78, 5) is 9.41. The van der Waals surface area contributed by atoms with E-state index < -0.39 is 0 Å². The van der Waals surface area contributed by atoms with Crippen molar-refractivity contribution in [1.82, 2.24) is 0 Å². The van der Waals surface area contributed by atoms with Crippen LogP contribution < -0.4 is 0 Å². The lowest BCUT2D eigenvalue weighted by molar-refractivity contribution is -0.109. The van der Waals surface area contributed by atoms with Gasteiger partial charge >= 0.3 is 0 Å². The summed E-state index contributed by atoms with van der Waals surface area (Å²) in [5, 5.41) is 0. The fourth-order valence-electron chi connectivity index (χ4n) is 0. The van der Waals surface area contributed by atoms with Crippen molar-refractivity contribution in [3.63, 3.8) is 0 Å². The predicted molar refractivity (Wildman–Crippen MR) is 24.0 cm³/mol. The highest BCUT2D eigenvalue weighted by molar-refractivity contribution is 7.39. The largest absolute Gasteiger partial charge is 0.412 e. The molecule has 0 radical (unpaired) electrons. The molecule has 0 amide bonds. The van der Waals surface area contributed by atoms with E-state index in [4.69, 9.17) is 0 Å². The van der Waals surface area contributed by atoms with Crippen LogP contribution in [0.3, 0.4) is 0 Å². The first kappa shape index (κ1) is 8.91. The normalized spacial score (nSPS) is 5.20.